The summed E-state index contributed by atoms with van der Waals surface area (Å²) in [5, 5.41) is 3.28. The van der Waals surface area contributed by atoms with Crippen LogP contribution in [0.1, 0.15) is 25.0 Å². The Labute approximate surface area is 115 Å². The molecule has 1 aromatic rings. The maximum Gasteiger partial charge on any atom is 0.313 e. The van der Waals surface area contributed by atoms with E-state index < -0.39 is 5.41 Å². The van der Waals surface area contributed by atoms with Gasteiger partial charge in [-0.25, -0.2) is 0 Å². The van der Waals surface area contributed by atoms with Crippen molar-refractivity contribution in [3.05, 3.63) is 23.3 Å². The van der Waals surface area contributed by atoms with E-state index in [0.29, 0.717) is 6.54 Å². The van der Waals surface area contributed by atoms with Crippen molar-refractivity contribution in [1.82, 2.24) is 0 Å². The molecule has 4 heteroatoms. The normalized spacial score (nSPS) is 11.1. The Morgan fingerprint density at radius 1 is 1.26 bits per heavy atom. The quantitative estimate of drug-likeness (QED) is 0.832. The minimum absolute atomic E-state index is 0.233. The van der Waals surface area contributed by atoms with Crippen LogP contribution >= 0.6 is 0 Å². The number of carbonyl (C=O) groups is 1. The van der Waals surface area contributed by atoms with E-state index in [1.807, 2.05) is 33.8 Å². The summed E-state index contributed by atoms with van der Waals surface area (Å²) in [6.45, 7) is 8.21. The number of anilines is 1. The van der Waals surface area contributed by atoms with Crippen molar-refractivity contribution in [3.8, 4) is 5.75 Å². The van der Waals surface area contributed by atoms with Crippen molar-refractivity contribution in [2.45, 2.75) is 27.7 Å². The van der Waals surface area contributed by atoms with Gasteiger partial charge in [0.05, 0.1) is 25.3 Å². The smallest absolute Gasteiger partial charge is 0.313 e. The van der Waals surface area contributed by atoms with Crippen LogP contribution in [0.15, 0.2) is 12.1 Å². The Kier molecular flexibility index (Phi) is 4.81. The number of methoxy groups -OCH3 is 2. The van der Waals surface area contributed by atoms with E-state index in [1.165, 1.54) is 7.11 Å². The van der Waals surface area contributed by atoms with Crippen LogP contribution in [0.3, 0.4) is 0 Å². The van der Waals surface area contributed by atoms with Crippen LogP contribution in [-0.4, -0.2) is 26.7 Å². The summed E-state index contributed by atoms with van der Waals surface area (Å²) in [5.41, 5.74) is 2.53. The first-order valence-electron chi connectivity index (χ1n) is 6.29. The fourth-order valence-corrected chi connectivity index (χ4v) is 2.02. The highest BCUT2D eigenvalue weighted by molar-refractivity contribution is 5.77. The highest BCUT2D eigenvalue weighted by atomic mass is 16.5. The van der Waals surface area contributed by atoms with Crippen molar-refractivity contribution in [2.75, 3.05) is 26.1 Å². The predicted octanol–water partition coefficient (Wildman–Crippen LogP) is 2.92. The van der Waals surface area contributed by atoms with Crippen LogP contribution in [0.25, 0.3) is 0 Å². The van der Waals surface area contributed by atoms with Gasteiger partial charge in [-0.15, -0.1) is 0 Å². The Bertz CT molecular complexity index is 467. The van der Waals surface area contributed by atoms with E-state index in [9.17, 15) is 4.79 Å². The van der Waals surface area contributed by atoms with Gasteiger partial charge < -0.3 is 14.8 Å². The molecule has 0 amide bonds. The molecule has 106 valence electrons. The second-order valence-electron chi connectivity index (χ2n) is 5.39. The van der Waals surface area contributed by atoms with Gasteiger partial charge >= 0.3 is 5.97 Å². The minimum Gasteiger partial charge on any atom is -0.494 e. The predicted molar refractivity (Wildman–Crippen MR) is 76.8 cm³/mol. The molecule has 0 radical (unpaired) electrons. The van der Waals surface area contributed by atoms with Crippen LogP contribution in [-0.2, 0) is 9.53 Å². The Morgan fingerprint density at radius 3 is 2.42 bits per heavy atom. The standard InChI is InChI=1S/C15H23NO3/c1-10-7-11(2)13(18-5)12(8-10)16-9-15(3,4)14(17)19-6/h7-8,16H,9H2,1-6H3. The van der Waals surface area contributed by atoms with Gasteiger partial charge in [0.2, 0.25) is 0 Å². The molecule has 1 N–H and O–H groups in total. The summed E-state index contributed by atoms with van der Waals surface area (Å²) in [4.78, 5) is 11.6. The van der Waals surface area contributed by atoms with E-state index in [4.69, 9.17) is 9.47 Å². The highest BCUT2D eigenvalue weighted by Crippen LogP contribution is 2.31. The van der Waals surface area contributed by atoms with Crippen LogP contribution < -0.4 is 10.1 Å². The van der Waals surface area contributed by atoms with Gasteiger partial charge in [0.15, 0.2) is 0 Å². The molecule has 0 aliphatic carbocycles. The summed E-state index contributed by atoms with van der Waals surface area (Å²) in [6.07, 6.45) is 0. The molecule has 0 spiro atoms. The maximum atomic E-state index is 11.6. The van der Waals surface area contributed by atoms with Crippen LogP contribution in [0, 0.1) is 19.3 Å². The van der Waals surface area contributed by atoms with Crippen molar-refractivity contribution in [3.63, 3.8) is 0 Å². The first-order chi connectivity index (χ1) is 8.81. The molecule has 0 bridgehead atoms. The lowest BCUT2D eigenvalue weighted by molar-refractivity contribution is -0.149. The number of nitrogens with one attached hydrogen (secondary N) is 1. The molecule has 0 aliphatic heterocycles. The van der Waals surface area contributed by atoms with E-state index in [0.717, 1.165) is 22.6 Å². The monoisotopic (exact) mass is 265 g/mol. The van der Waals surface area contributed by atoms with Gasteiger partial charge in [-0.1, -0.05) is 6.07 Å². The molecule has 0 fully saturated rings. The topological polar surface area (TPSA) is 47.6 Å². The molecule has 0 atom stereocenters. The van der Waals surface area contributed by atoms with Crippen molar-refractivity contribution < 1.29 is 14.3 Å². The lowest BCUT2D eigenvalue weighted by Crippen LogP contribution is -2.33. The number of hydrogen-bond acceptors (Lipinski definition) is 4. The average molecular weight is 265 g/mol. The molecule has 4 nitrogen and oxygen atoms in total. The molecular weight excluding hydrogens is 242 g/mol. The summed E-state index contributed by atoms with van der Waals surface area (Å²) in [5.74, 6) is 0.578. The summed E-state index contributed by atoms with van der Waals surface area (Å²) >= 11 is 0. The number of aryl methyl sites for hydroxylation is 2. The second-order valence-corrected chi connectivity index (χ2v) is 5.39. The molecule has 0 aliphatic rings. The van der Waals surface area contributed by atoms with Gasteiger partial charge in [-0.05, 0) is 44.9 Å². The van der Waals surface area contributed by atoms with Crippen LogP contribution in [0.5, 0.6) is 5.75 Å². The molecule has 19 heavy (non-hydrogen) atoms. The summed E-state index contributed by atoms with van der Waals surface area (Å²) in [6, 6.07) is 4.08. The molecular formula is C15H23NO3. The minimum atomic E-state index is -0.586. The molecule has 0 saturated heterocycles. The molecule has 0 unspecified atom stereocenters. The lowest BCUT2D eigenvalue weighted by atomic mass is 9.93. The third kappa shape index (κ3) is 3.63. The fourth-order valence-electron chi connectivity index (χ4n) is 2.02. The molecule has 0 aromatic heterocycles. The Hall–Kier alpha value is -1.71. The van der Waals surface area contributed by atoms with Gasteiger partial charge in [-0.3, -0.25) is 4.79 Å². The largest absolute Gasteiger partial charge is 0.494 e. The van der Waals surface area contributed by atoms with Gasteiger partial charge in [0.1, 0.15) is 5.75 Å². The van der Waals surface area contributed by atoms with Crippen molar-refractivity contribution >= 4 is 11.7 Å². The third-order valence-electron chi connectivity index (χ3n) is 3.08. The number of benzene rings is 1. The molecule has 0 heterocycles. The summed E-state index contributed by atoms with van der Waals surface area (Å²) in [7, 11) is 3.05. The first-order valence-corrected chi connectivity index (χ1v) is 6.29. The van der Waals surface area contributed by atoms with Crippen molar-refractivity contribution in [2.24, 2.45) is 5.41 Å². The van der Waals surface area contributed by atoms with E-state index in [2.05, 4.69) is 11.4 Å². The fraction of sp³-hybridized carbons (Fsp3) is 0.533. The van der Waals surface area contributed by atoms with E-state index in [-0.39, 0.29) is 5.97 Å². The Balaban J connectivity index is 2.92. The number of rotatable bonds is 5. The SMILES string of the molecule is COC(=O)C(C)(C)CNc1cc(C)cc(C)c1OC. The molecule has 1 rings (SSSR count). The van der Waals surface area contributed by atoms with Gasteiger partial charge in [0, 0.05) is 6.54 Å². The van der Waals surface area contributed by atoms with Gasteiger partial charge in [0.25, 0.3) is 0 Å². The number of esters is 1. The maximum absolute atomic E-state index is 11.6. The summed E-state index contributed by atoms with van der Waals surface area (Å²) < 4.78 is 10.2. The Morgan fingerprint density at radius 2 is 1.89 bits per heavy atom. The average Bonchev–Trinajstić information content (AvgIpc) is 2.34. The number of hydrogen-bond donors (Lipinski definition) is 1. The zero-order chi connectivity index (χ0) is 14.6. The molecule has 0 saturated carbocycles. The second kappa shape index (κ2) is 5.95. The van der Waals surface area contributed by atoms with E-state index >= 15 is 0 Å². The number of carbonyl (C=O) groups excluding carboxylic acids is 1. The highest BCUT2D eigenvalue weighted by Gasteiger charge is 2.28. The van der Waals surface area contributed by atoms with Crippen molar-refractivity contribution in [1.29, 1.82) is 0 Å². The molecule has 1 aromatic carbocycles. The van der Waals surface area contributed by atoms with Gasteiger partial charge in [-0.2, -0.15) is 0 Å². The van der Waals surface area contributed by atoms with E-state index in [1.54, 1.807) is 7.11 Å². The lowest BCUT2D eigenvalue weighted by Gasteiger charge is -2.23. The van der Waals surface area contributed by atoms with Crippen LogP contribution in [0.4, 0.5) is 5.69 Å². The van der Waals surface area contributed by atoms with Crippen LogP contribution in [0.2, 0.25) is 0 Å². The third-order valence-corrected chi connectivity index (χ3v) is 3.08. The zero-order valence-corrected chi connectivity index (χ0v) is 12.6. The zero-order valence-electron chi connectivity index (χ0n) is 12.6. The first kappa shape index (κ1) is 15.3. The number of ether oxygens (including phenoxy) is 2.